The Labute approximate surface area is 179 Å². The maximum atomic E-state index is 12.4. The monoisotopic (exact) mass is 431 g/mol. The Morgan fingerprint density at radius 1 is 1.14 bits per heavy atom. The number of aromatic nitrogens is 1. The first-order valence-corrected chi connectivity index (χ1v) is 11.3. The summed E-state index contributed by atoms with van der Waals surface area (Å²) in [5, 5.41) is 10.1. The smallest absolute Gasteiger partial charge is 0.238 e. The highest BCUT2D eigenvalue weighted by atomic mass is 32.1. The van der Waals surface area contributed by atoms with E-state index in [1.807, 2.05) is 48.7 Å². The molecule has 0 radical (unpaired) electrons. The van der Waals surface area contributed by atoms with Crippen LogP contribution in [0.2, 0.25) is 0 Å². The lowest BCUT2D eigenvalue weighted by atomic mass is 10.2. The molecule has 0 unspecified atom stereocenters. The molecule has 0 saturated heterocycles. The Hall–Kier alpha value is -2.42. The number of benzene rings is 1. The van der Waals surface area contributed by atoms with Crippen molar-refractivity contribution in [2.75, 3.05) is 32.1 Å². The molecule has 2 aromatic heterocycles. The van der Waals surface area contributed by atoms with Gasteiger partial charge in [-0.25, -0.2) is 4.98 Å². The molecule has 0 saturated carbocycles. The third-order valence-electron chi connectivity index (χ3n) is 3.99. The third-order valence-corrected chi connectivity index (χ3v) is 5.62. The molecule has 3 aromatic rings. The van der Waals surface area contributed by atoms with Crippen molar-refractivity contribution in [1.82, 2.24) is 9.88 Å². The minimum absolute atomic E-state index is 0.0904. The van der Waals surface area contributed by atoms with Crippen LogP contribution >= 0.6 is 22.7 Å². The number of hydrogen-bond acceptors (Lipinski definition) is 7. The van der Waals surface area contributed by atoms with E-state index in [-0.39, 0.29) is 12.5 Å². The fourth-order valence-corrected chi connectivity index (χ4v) is 4.33. The van der Waals surface area contributed by atoms with E-state index < -0.39 is 0 Å². The van der Waals surface area contributed by atoms with E-state index in [0.29, 0.717) is 36.9 Å². The standard InChI is InChI=1S/C21H25N3O3S2/c1-4-26-18-7-6-16(10-19(18)27-5-2)22-20(25)12-24(3)11-17-14-29-21(23-17)15-8-9-28-13-15/h6-10,13-14H,4-5,11-12H2,1-3H3,(H,22,25). The van der Waals surface area contributed by atoms with Crippen LogP contribution in [0.15, 0.2) is 40.4 Å². The van der Waals surface area contributed by atoms with Crippen molar-refractivity contribution in [3.05, 3.63) is 46.1 Å². The summed E-state index contributed by atoms with van der Waals surface area (Å²) >= 11 is 3.29. The number of carbonyl (C=O) groups is 1. The van der Waals surface area contributed by atoms with E-state index in [1.165, 1.54) is 0 Å². The summed E-state index contributed by atoms with van der Waals surface area (Å²) in [6.45, 7) is 5.80. The molecule has 0 aliphatic heterocycles. The molecule has 0 spiro atoms. The van der Waals surface area contributed by atoms with Gasteiger partial charge in [0.2, 0.25) is 5.91 Å². The first-order chi connectivity index (χ1) is 14.1. The normalized spacial score (nSPS) is 10.9. The van der Waals surface area contributed by atoms with E-state index in [2.05, 4.69) is 21.7 Å². The van der Waals surface area contributed by atoms with Crippen LogP contribution in [0.1, 0.15) is 19.5 Å². The number of nitrogens with zero attached hydrogens (tertiary/aromatic N) is 2. The fraction of sp³-hybridized carbons (Fsp3) is 0.333. The SMILES string of the molecule is CCOc1ccc(NC(=O)CN(C)Cc2csc(-c3ccsc3)n2)cc1OCC. The summed E-state index contributed by atoms with van der Waals surface area (Å²) in [6, 6.07) is 7.49. The molecule has 1 N–H and O–H groups in total. The topological polar surface area (TPSA) is 63.7 Å². The number of thiophene rings is 1. The maximum absolute atomic E-state index is 12.4. The quantitative estimate of drug-likeness (QED) is 0.502. The van der Waals surface area contributed by atoms with Crippen molar-refractivity contribution in [2.24, 2.45) is 0 Å². The van der Waals surface area contributed by atoms with Crippen LogP contribution in [0.3, 0.4) is 0 Å². The minimum atomic E-state index is -0.0904. The molecule has 0 aliphatic carbocycles. The van der Waals surface area contributed by atoms with Crippen LogP contribution < -0.4 is 14.8 Å². The van der Waals surface area contributed by atoms with Gasteiger partial charge in [-0.3, -0.25) is 9.69 Å². The number of hydrogen-bond donors (Lipinski definition) is 1. The highest BCUT2D eigenvalue weighted by molar-refractivity contribution is 7.14. The zero-order valence-corrected chi connectivity index (χ0v) is 18.4. The molecule has 3 rings (SSSR count). The van der Waals surface area contributed by atoms with Crippen LogP contribution in [0.4, 0.5) is 5.69 Å². The molecule has 8 heteroatoms. The maximum Gasteiger partial charge on any atom is 0.238 e. The van der Waals surface area contributed by atoms with Gasteiger partial charge in [0, 0.05) is 34.6 Å². The molecule has 0 atom stereocenters. The minimum Gasteiger partial charge on any atom is -0.490 e. The van der Waals surface area contributed by atoms with Crippen LogP contribution in [0, 0.1) is 0 Å². The summed E-state index contributed by atoms with van der Waals surface area (Å²) in [5.74, 6) is 1.21. The molecule has 0 bridgehead atoms. The molecule has 154 valence electrons. The van der Waals surface area contributed by atoms with Gasteiger partial charge in [-0.2, -0.15) is 11.3 Å². The fourth-order valence-electron chi connectivity index (χ4n) is 2.81. The summed E-state index contributed by atoms with van der Waals surface area (Å²) < 4.78 is 11.2. The van der Waals surface area contributed by atoms with Gasteiger partial charge in [0.05, 0.1) is 25.5 Å². The van der Waals surface area contributed by atoms with Crippen LogP contribution in [0.5, 0.6) is 11.5 Å². The predicted molar refractivity (Wildman–Crippen MR) is 119 cm³/mol. The van der Waals surface area contributed by atoms with E-state index in [1.54, 1.807) is 28.7 Å². The number of rotatable bonds is 10. The van der Waals surface area contributed by atoms with Crippen molar-refractivity contribution >= 4 is 34.3 Å². The lowest BCUT2D eigenvalue weighted by Gasteiger charge is -2.16. The molecular formula is C21H25N3O3S2. The van der Waals surface area contributed by atoms with E-state index in [4.69, 9.17) is 9.47 Å². The number of nitrogens with one attached hydrogen (secondary N) is 1. The van der Waals surface area contributed by atoms with Gasteiger partial charge >= 0.3 is 0 Å². The first-order valence-electron chi connectivity index (χ1n) is 9.44. The molecule has 0 fully saturated rings. The molecule has 0 aliphatic rings. The van der Waals surface area contributed by atoms with Crippen LogP contribution in [-0.2, 0) is 11.3 Å². The summed E-state index contributed by atoms with van der Waals surface area (Å²) in [4.78, 5) is 19.1. The van der Waals surface area contributed by atoms with Gasteiger partial charge in [-0.1, -0.05) is 0 Å². The molecular weight excluding hydrogens is 406 g/mol. The lowest BCUT2D eigenvalue weighted by molar-refractivity contribution is -0.117. The predicted octanol–water partition coefficient (Wildman–Crippen LogP) is 4.74. The summed E-state index contributed by atoms with van der Waals surface area (Å²) in [7, 11) is 1.91. The van der Waals surface area contributed by atoms with E-state index in [0.717, 1.165) is 16.3 Å². The summed E-state index contributed by atoms with van der Waals surface area (Å²) in [6.07, 6.45) is 0. The van der Waals surface area contributed by atoms with Gasteiger partial charge in [0.15, 0.2) is 11.5 Å². The Balaban J connectivity index is 1.55. The molecule has 1 amide bonds. The van der Waals surface area contributed by atoms with Gasteiger partial charge in [-0.05, 0) is 44.5 Å². The third kappa shape index (κ3) is 6.03. The van der Waals surface area contributed by atoms with Gasteiger partial charge in [0.25, 0.3) is 0 Å². The number of anilines is 1. The van der Waals surface area contributed by atoms with E-state index >= 15 is 0 Å². The Morgan fingerprint density at radius 3 is 2.66 bits per heavy atom. The highest BCUT2D eigenvalue weighted by Crippen LogP contribution is 2.30. The van der Waals surface area contributed by atoms with Crippen LogP contribution in [-0.4, -0.2) is 42.6 Å². The number of likely N-dealkylation sites (N-methyl/N-ethyl adjacent to an activating group) is 1. The average molecular weight is 432 g/mol. The van der Waals surface area contributed by atoms with Crippen molar-refractivity contribution in [3.63, 3.8) is 0 Å². The number of thiazole rings is 1. The first kappa shape index (κ1) is 21.3. The molecule has 29 heavy (non-hydrogen) atoms. The van der Waals surface area contributed by atoms with E-state index in [9.17, 15) is 4.79 Å². The average Bonchev–Trinajstić information content (AvgIpc) is 3.35. The van der Waals surface area contributed by atoms with Crippen molar-refractivity contribution in [1.29, 1.82) is 0 Å². The van der Waals surface area contributed by atoms with Crippen molar-refractivity contribution in [3.8, 4) is 22.1 Å². The molecule has 6 nitrogen and oxygen atoms in total. The Kier molecular flexibility index (Phi) is 7.62. The number of amides is 1. The van der Waals surface area contributed by atoms with Gasteiger partial charge in [0.1, 0.15) is 5.01 Å². The van der Waals surface area contributed by atoms with Crippen molar-refractivity contribution < 1.29 is 14.3 Å². The highest BCUT2D eigenvalue weighted by Gasteiger charge is 2.12. The van der Waals surface area contributed by atoms with Gasteiger partial charge in [-0.15, -0.1) is 11.3 Å². The largest absolute Gasteiger partial charge is 0.490 e. The zero-order chi connectivity index (χ0) is 20.6. The Morgan fingerprint density at radius 2 is 1.93 bits per heavy atom. The van der Waals surface area contributed by atoms with Crippen LogP contribution in [0.25, 0.3) is 10.6 Å². The molecule has 2 heterocycles. The number of carbonyl (C=O) groups excluding carboxylic acids is 1. The molecule has 1 aromatic carbocycles. The zero-order valence-electron chi connectivity index (χ0n) is 16.8. The van der Waals surface area contributed by atoms with Gasteiger partial charge < -0.3 is 14.8 Å². The Bertz CT molecular complexity index is 925. The van der Waals surface area contributed by atoms with Crippen molar-refractivity contribution in [2.45, 2.75) is 20.4 Å². The second kappa shape index (κ2) is 10.4. The second-order valence-corrected chi connectivity index (χ2v) is 8.04. The number of ether oxygens (including phenoxy) is 2. The lowest BCUT2D eigenvalue weighted by Crippen LogP contribution is -2.29. The second-order valence-electron chi connectivity index (χ2n) is 6.40. The summed E-state index contributed by atoms with van der Waals surface area (Å²) in [5.41, 5.74) is 2.79.